The van der Waals surface area contributed by atoms with Gasteiger partial charge in [-0.05, 0) is 83.5 Å². The van der Waals surface area contributed by atoms with Crippen LogP contribution < -0.4 is 0 Å². The summed E-state index contributed by atoms with van der Waals surface area (Å²) >= 11 is 0. The lowest BCUT2D eigenvalue weighted by atomic mass is 10.0. The Morgan fingerprint density at radius 1 is 0.323 bits per heavy atom. The molecule has 0 heterocycles. The molecule has 0 rings (SSSR count). The summed E-state index contributed by atoms with van der Waals surface area (Å²) in [6.45, 7) is 6.58. The number of rotatable bonds is 48. The Morgan fingerprint density at radius 3 is 0.952 bits per heavy atom. The van der Waals surface area contributed by atoms with E-state index in [0.29, 0.717) is 19.3 Å². The molecule has 6 nitrogen and oxygen atoms in total. The van der Waals surface area contributed by atoms with Crippen LogP contribution in [0.2, 0.25) is 0 Å². The van der Waals surface area contributed by atoms with Crippen LogP contribution in [-0.4, -0.2) is 37.2 Å². The van der Waals surface area contributed by atoms with E-state index in [1.165, 1.54) is 148 Å². The summed E-state index contributed by atoms with van der Waals surface area (Å²) in [4.78, 5) is 38.0. The maximum atomic E-state index is 12.8. The van der Waals surface area contributed by atoms with Gasteiger partial charge in [-0.3, -0.25) is 14.4 Å². The van der Waals surface area contributed by atoms with Gasteiger partial charge >= 0.3 is 17.9 Å². The Morgan fingerprint density at radius 2 is 0.581 bits per heavy atom. The van der Waals surface area contributed by atoms with Gasteiger partial charge in [-0.1, -0.05) is 217 Å². The van der Waals surface area contributed by atoms with Gasteiger partial charge in [0.1, 0.15) is 13.2 Å². The number of ether oxygens (including phenoxy) is 3. The van der Waals surface area contributed by atoms with Crippen molar-refractivity contribution in [1.82, 2.24) is 0 Å². The highest BCUT2D eigenvalue weighted by Crippen LogP contribution is 2.15. The number of hydrogen-bond acceptors (Lipinski definition) is 6. The smallest absolute Gasteiger partial charge is 0.306 e. The zero-order valence-corrected chi connectivity index (χ0v) is 41.1. The predicted octanol–water partition coefficient (Wildman–Crippen LogP) is 17.5. The van der Waals surface area contributed by atoms with E-state index in [1.807, 2.05) is 0 Å². The summed E-state index contributed by atoms with van der Waals surface area (Å²) in [5.41, 5.74) is 0. The number of carbonyl (C=O) groups excluding carboxylic acids is 3. The first-order chi connectivity index (χ1) is 30.5. The highest BCUT2D eigenvalue weighted by atomic mass is 16.6. The van der Waals surface area contributed by atoms with Gasteiger partial charge in [0.05, 0.1) is 0 Å². The highest BCUT2D eigenvalue weighted by molar-refractivity contribution is 5.71. The SMILES string of the molecule is CCCCC/C=C\C/C=C\C/C=C\CCCCCCCCC(=O)OCC(COC(=O)CCCCCCC/C=C\CCCCC)OC(=O)CCCCCCCCCCCCCCC. The molecule has 0 aromatic carbocycles. The van der Waals surface area contributed by atoms with Crippen molar-refractivity contribution in [3.8, 4) is 0 Å². The van der Waals surface area contributed by atoms with Gasteiger partial charge in [0.25, 0.3) is 0 Å². The largest absolute Gasteiger partial charge is 0.462 e. The van der Waals surface area contributed by atoms with Crippen LogP contribution in [0.1, 0.15) is 271 Å². The van der Waals surface area contributed by atoms with Crippen molar-refractivity contribution in [1.29, 1.82) is 0 Å². The molecule has 1 unspecified atom stereocenters. The molecule has 0 aliphatic carbocycles. The zero-order valence-electron chi connectivity index (χ0n) is 41.1. The van der Waals surface area contributed by atoms with Crippen molar-refractivity contribution in [2.45, 2.75) is 277 Å². The summed E-state index contributed by atoms with van der Waals surface area (Å²) in [6, 6.07) is 0. The molecule has 0 aliphatic rings. The minimum absolute atomic E-state index is 0.0796. The first kappa shape index (κ1) is 59.4. The van der Waals surface area contributed by atoms with Crippen molar-refractivity contribution in [2.24, 2.45) is 0 Å². The Hall–Kier alpha value is -2.63. The molecule has 0 saturated carbocycles. The van der Waals surface area contributed by atoms with Crippen LogP contribution in [0.5, 0.6) is 0 Å². The summed E-state index contributed by atoms with van der Waals surface area (Å²) in [5, 5.41) is 0. The highest BCUT2D eigenvalue weighted by Gasteiger charge is 2.19. The third-order valence-corrected chi connectivity index (χ3v) is 11.6. The van der Waals surface area contributed by atoms with Gasteiger partial charge in [0.2, 0.25) is 0 Å². The quantitative estimate of drug-likeness (QED) is 0.0262. The van der Waals surface area contributed by atoms with Gasteiger partial charge in [-0.15, -0.1) is 0 Å². The monoisotopic (exact) mass is 869 g/mol. The van der Waals surface area contributed by atoms with E-state index in [4.69, 9.17) is 14.2 Å². The van der Waals surface area contributed by atoms with Crippen molar-refractivity contribution >= 4 is 17.9 Å². The second-order valence-corrected chi connectivity index (χ2v) is 17.8. The minimum Gasteiger partial charge on any atom is -0.462 e. The molecule has 0 saturated heterocycles. The first-order valence-corrected chi connectivity index (χ1v) is 26.6. The fourth-order valence-corrected chi connectivity index (χ4v) is 7.50. The molecule has 62 heavy (non-hydrogen) atoms. The lowest BCUT2D eigenvalue weighted by Crippen LogP contribution is -2.30. The molecule has 0 N–H and O–H groups in total. The van der Waals surface area contributed by atoms with Crippen molar-refractivity contribution < 1.29 is 28.6 Å². The average molecular weight is 869 g/mol. The lowest BCUT2D eigenvalue weighted by Gasteiger charge is -2.18. The van der Waals surface area contributed by atoms with Gasteiger partial charge in [0, 0.05) is 19.3 Å². The Labute approximate surface area is 384 Å². The Balaban J connectivity index is 4.36. The predicted molar refractivity (Wildman–Crippen MR) is 265 cm³/mol. The molecule has 360 valence electrons. The van der Waals surface area contributed by atoms with E-state index in [1.54, 1.807) is 0 Å². The molecular weight excluding hydrogens is 769 g/mol. The van der Waals surface area contributed by atoms with Crippen LogP contribution in [0, 0.1) is 0 Å². The molecule has 0 aliphatic heterocycles. The Bertz CT molecular complexity index is 1090. The number of hydrogen-bond donors (Lipinski definition) is 0. The van der Waals surface area contributed by atoms with Crippen LogP contribution in [-0.2, 0) is 28.6 Å². The Kier molecular flexibility index (Phi) is 48.8. The molecular formula is C56H100O6. The third-order valence-electron chi connectivity index (χ3n) is 11.6. The van der Waals surface area contributed by atoms with Gasteiger partial charge < -0.3 is 14.2 Å². The standard InChI is InChI=1S/C56H100O6/c1-4-7-10-13-16-19-22-25-26-27-28-29-30-32-34-37-40-43-46-49-55(58)61-52-53(51-60-54(57)48-45-42-39-36-33-24-21-18-15-12-9-6-3)62-56(59)50-47-44-41-38-35-31-23-20-17-14-11-8-5-2/h16,18-19,21,25-26,28-29,53H,4-15,17,20,22-24,27,30-52H2,1-3H3/b19-16-,21-18-,26-25-,29-28-. The van der Waals surface area contributed by atoms with E-state index in [-0.39, 0.29) is 31.1 Å². The fraction of sp³-hybridized carbons (Fsp3) is 0.804. The third kappa shape index (κ3) is 48.4. The molecule has 6 heteroatoms. The van der Waals surface area contributed by atoms with E-state index in [2.05, 4.69) is 69.4 Å². The van der Waals surface area contributed by atoms with E-state index >= 15 is 0 Å². The number of unbranched alkanes of at least 4 members (excludes halogenated alkanes) is 29. The maximum absolute atomic E-state index is 12.8. The average Bonchev–Trinajstić information content (AvgIpc) is 3.27. The number of carbonyl (C=O) groups is 3. The summed E-state index contributed by atoms with van der Waals surface area (Å²) in [7, 11) is 0. The van der Waals surface area contributed by atoms with Crippen molar-refractivity contribution in [3.63, 3.8) is 0 Å². The molecule has 0 fully saturated rings. The molecule has 1 atom stereocenters. The molecule has 0 bridgehead atoms. The van der Waals surface area contributed by atoms with Crippen molar-refractivity contribution in [2.75, 3.05) is 13.2 Å². The number of allylic oxidation sites excluding steroid dienone is 8. The minimum atomic E-state index is -0.778. The van der Waals surface area contributed by atoms with Crippen LogP contribution in [0.4, 0.5) is 0 Å². The first-order valence-electron chi connectivity index (χ1n) is 26.6. The van der Waals surface area contributed by atoms with E-state index < -0.39 is 6.10 Å². The van der Waals surface area contributed by atoms with E-state index in [0.717, 1.165) is 83.5 Å². The summed E-state index contributed by atoms with van der Waals surface area (Å²) in [5.74, 6) is -0.892. The van der Waals surface area contributed by atoms with Crippen LogP contribution in [0.3, 0.4) is 0 Å². The zero-order chi connectivity index (χ0) is 45.1. The molecule has 0 aromatic rings. The molecule has 0 amide bonds. The molecule has 0 radical (unpaired) electrons. The summed E-state index contributed by atoms with van der Waals surface area (Å²) in [6.07, 6.45) is 60.9. The van der Waals surface area contributed by atoms with Gasteiger partial charge in [-0.2, -0.15) is 0 Å². The van der Waals surface area contributed by atoms with Gasteiger partial charge in [0.15, 0.2) is 6.10 Å². The topological polar surface area (TPSA) is 78.9 Å². The summed E-state index contributed by atoms with van der Waals surface area (Å²) < 4.78 is 16.8. The van der Waals surface area contributed by atoms with Crippen LogP contribution in [0.25, 0.3) is 0 Å². The number of esters is 3. The fourth-order valence-electron chi connectivity index (χ4n) is 7.50. The lowest BCUT2D eigenvalue weighted by molar-refractivity contribution is -0.167. The molecule has 0 aromatic heterocycles. The van der Waals surface area contributed by atoms with E-state index in [9.17, 15) is 14.4 Å². The van der Waals surface area contributed by atoms with Crippen molar-refractivity contribution in [3.05, 3.63) is 48.6 Å². The molecule has 0 spiro atoms. The maximum Gasteiger partial charge on any atom is 0.306 e. The van der Waals surface area contributed by atoms with Crippen LogP contribution in [0.15, 0.2) is 48.6 Å². The van der Waals surface area contributed by atoms with Gasteiger partial charge in [-0.25, -0.2) is 0 Å². The second kappa shape index (κ2) is 51.0. The second-order valence-electron chi connectivity index (χ2n) is 17.8. The van der Waals surface area contributed by atoms with Crippen LogP contribution >= 0.6 is 0 Å². The normalized spacial score (nSPS) is 12.4.